The largest absolute Gasteiger partial charge is 0.496 e. The first-order valence-electron chi connectivity index (χ1n) is 6.54. The molecule has 0 saturated heterocycles. The lowest BCUT2D eigenvalue weighted by Gasteiger charge is -2.19. The Morgan fingerprint density at radius 3 is 2.38 bits per heavy atom. The molecule has 3 nitrogen and oxygen atoms in total. The average Bonchev–Trinajstić information content (AvgIpc) is 2.50. The van der Waals surface area contributed by atoms with Crippen molar-refractivity contribution in [1.82, 2.24) is 5.32 Å². The summed E-state index contributed by atoms with van der Waals surface area (Å²) < 4.78 is 25.0. The fraction of sp³-hybridized carbons (Fsp3) is 0.250. The van der Waals surface area contributed by atoms with Gasteiger partial charge in [0.15, 0.2) is 11.6 Å². The predicted octanol–water partition coefficient (Wildman–Crippen LogP) is 4.56. The van der Waals surface area contributed by atoms with Gasteiger partial charge < -0.3 is 14.8 Å². The van der Waals surface area contributed by atoms with Gasteiger partial charge in [0.25, 0.3) is 0 Å². The van der Waals surface area contributed by atoms with E-state index in [0.717, 1.165) is 5.56 Å². The Hall–Kier alpha value is -1.78. The first-order valence-corrected chi connectivity index (χ1v) is 6.92. The summed E-state index contributed by atoms with van der Waals surface area (Å²) in [5, 5.41) is 3.15. The number of hydrogen-bond donors (Lipinski definition) is 1. The number of nitrogens with one attached hydrogen (secondary N) is 1. The quantitative estimate of drug-likeness (QED) is 0.878. The number of halogens is 2. The minimum Gasteiger partial charge on any atom is -0.496 e. The average molecular weight is 310 g/mol. The van der Waals surface area contributed by atoms with Crippen molar-refractivity contribution < 1.29 is 13.9 Å². The molecule has 2 aromatic rings. The van der Waals surface area contributed by atoms with Crippen LogP contribution in [0.3, 0.4) is 0 Å². The van der Waals surface area contributed by atoms with Crippen LogP contribution in [0.15, 0.2) is 36.4 Å². The van der Waals surface area contributed by atoms with Gasteiger partial charge in [0.2, 0.25) is 0 Å². The molecule has 0 amide bonds. The number of hydrogen-bond acceptors (Lipinski definition) is 3. The van der Waals surface area contributed by atoms with Gasteiger partial charge in [-0.15, -0.1) is 0 Å². The van der Waals surface area contributed by atoms with E-state index >= 15 is 0 Å². The van der Waals surface area contributed by atoms with Crippen molar-refractivity contribution in [3.8, 4) is 17.2 Å². The topological polar surface area (TPSA) is 30.5 Å². The van der Waals surface area contributed by atoms with Crippen molar-refractivity contribution >= 4 is 11.6 Å². The van der Waals surface area contributed by atoms with Gasteiger partial charge >= 0.3 is 0 Å². The van der Waals surface area contributed by atoms with Crippen LogP contribution >= 0.6 is 11.6 Å². The third-order valence-electron chi connectivity index (χ3n) is 3.25. The second-order valence-corrected chi connectivity index (χ2v) is 4.94. The molecule has 0 aliphatic heterocycles. The summed E-state index contributed by atoms with van der Waals surface area (Å²) in [6.07, 6.45) is 0. The van der Waals surface area contributed by atoms with Gasteiger partial charge in [-0.05, 0) is 38.2 Å². The van der Waals surface area contributed by atoms with E-state index in [0.29, 0.717) is 11.5 Å². The molecule has 0 aliphatic rings. The van der Waals surface area contributed by atoms with Gasteiger partial charge in [0, 0.05) is 6.04 Å². The van der Waals surface area contributed by atoms with Crippen molar-refractivity contribution in [2.75, 3.05) is 14.2 Å². The molecule has 1 N–H and O–H groups in total. The molecule has 1 atom stereocenters. The summed E-state index contributed by atoms with van der Waals surface area (Å²) in [5.41, 5.74) is 0.821. The van der Waals surface area contributed by atoms with Crippen LogP contribution in [0.2, 0.25) is 5.02 Å². The summed E-state index contributed by atoms with van der Waals surface area (Å²) in [6, 6.07) is 10.0. The van der Waals surface area contributed by atoms with Crippen LogP contribution in [0.4, 0.5) is 4.39 Å². The zero-order chi connectivity index (χ0) is 15.4. The number of ether oxygens (including phenoxy) is 2. The Balaban J connectivity index is 2.46. The van der Waals surface area contributed by atoms with E-state index in [4.69, 9.17) is 21.1 Å². The Bertz CT molecular complexity index is 634. The molecule has 1 unspecified atom stereocenters. The second-order valence-electron chi connectivity index (χ2n) is 4.54. The third-order valence-corrected chi connectivity index (χ3v) is 3.54. The highest BCUT2D eigenvalue weighted by molar-refractivity contribution is 6.30. The molecule has 112 valence electrons. The smallest absolute Gasteiger partial charge is 0.184 e. The molecule has 2 aromatic carbocycles. The van der Waals surface area contributed by atoms with Crippen molar-refractivity contribution in [2.24, 2.45) is 0 Å². The maximum atomic E-state index is 14.0. The van der Waals surface area contributed by atoms with E-state index in [1.807, 2.05) is 20.0 Å². The minimum absolute atomic E-state index is 0.0154. The summed E-state index contributed by atoms with van der Waals surface area (Å²) in [7, 11) is 3.42. The second kappa shape index (κ2) is 6.78. The SMILES string of the molecule is CNC(C)c1c(OC)cccc1Oc1cccc(Cl)c1F. The lowest BCUT2D eigenvalue weighted by atomic mass is 10.1. The predicted molar refractivity (Wildman–Crippen MR) is 82.0 cm³/mol. The van der Waals surface area contributed by atoms with Crippen LogP contribution in [-0.2, 0) is 0 Å². The van der Waals surface area contributed by atoms with Crippen LogP contribution < -0.4 is 14.8 Å². The molecule has 0 heterocycles. The molecule has 0 aliphatic carbocycles. The summed E-state index contributed by atoms with van der Waals surface area (Å²) >= 11 is 5.78. The summed E-state index contributed by atoms with van der Waals surface area (Å²) in [6.45, 7) is 1.97. The Morgan fingerprint density at radius 2 is 1.71 bits per heavy atom. The fourth-order valence-electron chi connectivity index (χ4n) is 2.04. The standard InChI is InChI=1S/C16H17ClFNO2/c1-10(19-2)15-12(20-3)7-5-8-13(15)21-14-9-4-6-11(17)16(14)18/h4-10,19H,1-3H3. The van der Waals surface area contributed by atoms with Gasteiger partial charge in [-0.2, -0.15) is 0 Å². The third kappa shape index (κ3) is 3.28. The van der Waals surface area contributed by atoms with Crippen molar-refractivity contribution in [2.45, 2.75) is 13.0 Å². The molecular formula is C16H17ClFNO2. The number of methoxy groups -OCH3 is 1. The molecule has 21 heavy (non-hydrogen) atoms. The maximum absolute atomic E-state index is 14.0. The van der Waals surface area contributed by atoms with Crippen molar-refractivity contribution in [3.05, 3.63) is 52.8 Å². The highest BCUT2D eigenvalue weighted by Crippen LogP contribution is 2.37. The Labute approximate surface area is 128 Å². The summed E-state index contributed by atoms with van der Waals surface area (Å²) in [5.74, 6) is 0.708. The zero-order valence-electron chi connectivity index (χ0n) is 12.1. The van der Waals surface area contributed by atoms with E-state index in [2.05, 4.69) is 5.32 Å². The molecule has 0 bridgehead atoms. The van der Waals surface area contributed by atoms with Crippen molar-refractivity contribution in [3.63, 3.8) is 0 Å². The minimum atomic E-state index is -0.579. The zero-order valence-corrected chi connectivity index (χ0v) is 12.9. The maximum Gasteiger partial charge on any atom is 0.184 e. The van der Waals surface area contributed by atoms with Crippen molar-refractivity contribution in [1.29, 1.82) is 0 Å². The Kier molecular flexibility index (Phi) is 5.04. The highest BCUT2D eigenvalue weighted by atomic mass is 35.5. The monoisotopic (exact) mass is 309 g/mol. The van der Waals surface area contributed by atoms with Crippen LogP contribution in [-0.4, -0.2) is 14.2 Å². The van der Waals surface area contributed by atoms with Crippen LogP contribution in [0.1, 0.15) is 18.5 Å². The summed E-state index contributed by atoms with van der Waals surface area (Å²) in [4.78, 5) is 0. The lowest BCUT2D eigenvalue weighted by Crippen LogP contribution is -2.14. The van der Waals surface area contributed by atoms with E-state index in [1.54, 1.807) is 25.3 Å². The normalized spacial score (nSPS) is 12.0. The van der Waals surface area contributed by atoms with E-state index < -0.39 is 5.82 Å². The van der Waals surface area contributed by atoms with E-state index in [1.165, 1.54) is 12.1 Å². The van der Waals surface area contributed by atoms with E-state index in [9.17, 15) is 4.39 Å². The van der Waals surface area contributed by atoms with Crippen LogP contribution in [0.5, 0.6) is 17.2 Å². The lowest BCUT2D eigenvalue weighted by molar-refractivity contribution is 0.388. The van der Waals surface area contributed by atoms with Gasteiger partial charge in [0.1, 0.15) is 11.5 Å². The molecule has 2 rings (SSSR count). The molecule has 0 spiro atoms. The van der Waals surface area contributed by atoms with Crippen LogP contribution in [0, 0.1) is 5.82 Å². The van der Waals surface area contributed by atoms with Gasteiger partial charge in [-0.3, -0.25) is 0 Å². The highest BCUT2D eigenvalue weighted by Gasteiger charge is 2.18. The molecule has 0 saturated carbocycles. The molecule has 0 fully saturated rings. The molecule has 5 heteroatoms. The van der Waals surface area contributed by atoms with E-state index in [-0.39, 0.29) is 16.8 Å². The number of rotatable bonds is 5. The fourth-order valence-corrected chi connectivity index (χ4v) is 2.21. The van der Waals surface area contributed by atoms with Gasteiger partial charge in [-0.1, -0.05) is 23.7 Å². The first kappa shape index (κ1) is 15.6. The molecule has 0 radical (unpaired) electrons. The first-order chi connectivity index (χ1) is 10.1. The molecular weight excluding hydrogens is 293 g/mol. The Morgan fingerprint density at radius 1 is 1.10 bits per heavy atom. The number of benzene rings is 2. The van der Waals surface area contributed by atoms with Gasteiger partial charge in [-0.25, -0.2) is 4.39 Å². The molecule has 0 aromatic heterocycles. The van der Waals surface area contributed by atoms with Gasteiger partial charge in [0.05, 0.1) is 17.7 Å². The van der Waals surface area contributed by atoms with Crippen LogP contribution in [0.25, 0.3) is 0 Å².